The van der Waals surface area contributed by atoms with E-state index in [4.69, 9.17) is 0 Å². The van der Waals surface area contributed by atoms with E-state index in [9.17, 15) is 18.4 Å². The number of carbonyl (C=O) groups is 2. The quantitative estimate of drug-likeness (QED) is 0.407. The van der Waals surface area contributed by atoms with Gasteiger partial charge in [-0.25, -0.2) is 13.7 Å². The van der Waals surface area contributed by atoms with Crippen molar-refractivity contribution in [1.29, 1.82) is 0 Å². The maximum atomic E-state index is 14.6. The molecule has 1 heterocycles. The summed E-state index contributed by atoms with van der Waals surface area (Å²) < 4.78 is 28.5. The molecular formula is C27H18F2N2O2. The summed E-state index contributed by atoms with van der Waals surface area (Å²) in [5.74, 6) is -3.10. The van der Waals surface area contributed by atoms with Gasteiger partial charge in [0.2, 0.25) is 0 Å². The van der Waals surface area contributed by atoms with E-state index in [1.165, 1.54) is 0 Å². The number of imide groups is 1. The zero-order chi connectivity index (χ0) is 23.1. The number of hydrogen-bond acceptors (Lipinski definition) is 3. The first-order valence-electron chi connectivity index (χ1n) is 10.3. The van der Waals surface area contributed by atoms with Crippen LogP contribution in [0.15, 0.2) is 90.6 Å². The predicted octanol–water partition coefficient (Wildman–Crippen LogP) is 5.82. The van der Waals surface area contributed by atoms with Crippen LogP contribution in [0.3, 0.4) is 0 Å². The van der Waals surface area contributed by atoms with Gasteiger partial charge >= 0.3 is 0 Å². The first-order chi connectivity index (χ1) is 15.9. The van der Waals surface area contributed by atoms with E-state index < -0.39 is 29.1 Å². The Kier molecular flexibility index (Phi) is 4.98. The molecular weight excluding hydrogens is 422 g/mol. The number of benzene rings is 4. The summed E-state index contributed by atoms with van der Waals surface area (Å²) in [4.78, 5) is 27.6. The van der Waals surface area contributed by atoms with E-state index in [-0.39, 0.29) is 11.3 Å². The maximum absolute atomic E-state index is 14.6. The number of amides is 2. The second kappa shape index (κ2) is 7.98. The lowest BCUT2D eigenvalue weighted by Gasteiger charge is -2.16. The minimum absolute atomic E-state index is 0.00358. The standard InChI is InChI=1S/C27H18F2N2O2/c1-16-9-11-18(12-10-16)24-25(30-22-8-4-6-17-5-2-3-7-20(17)22)27(33)31(26(24)32)23-15-19(28)13-14-21(23)29/h2-15,30H,1H3. The fourth-order valence-electron chi connectivity index (χ4n) is 3.98. The first kappa shape index (κ1) is 20.6. The Hall–Kier alpha value is -4.32. The summed E-state index contributed by atoms with van der Waals surface area (Å²) >= 11 is 0. The minimum atomic E-state index is -0.868. The molecule has 4 aromatic rings. The van der Waals surface area contributed by atoms with E-state index in [1.54, 1.807) is 18.2 Å². The van der Waals surface area contributed by atoms with Crippen LogP contribution in [-0.4, -0.2) is 11.8 Å². The van der Waals surface area contributed by atoms with Crippen molar-refractivity contribution >= 4 is 39.5 Å². The van der Waals surface area contributed by atoms with E-state index in [1.807, 2.05) is 55.5 Å². The van der Waals surface area contributed by atoms with Crippen LogP contribution in [0.1, 0.15) is 11.1 Å². The lowest BCUT2D eigenvalue weighted by atomic mass is 10.0. The lowest BCUT2D eigenvalue weighted by Crippen LogP contribution is -2.33. The van der Waals surface area contributed by atoms with Gasteiger partial charge in [-0.15, -0.1) is 0 Å². The van der Waals surface area contributed by atoms with Gasteiger partial charge in [0, 0.05) is 17.1 Å². The molecule has 4 nitrogen and oxygen atoms in total. The molecule has 5 rings (SSSR count). The molecule has 2 amide bonds. The zero-order valence-corrected chi connectivity index (χ0v) is 17.6. The summed E-state index contributed by atoms with van der Waals surface area (Å²) in [5.41, 5.74) is 1.77. The van der Waals surface area contributed by atoms with Crippen molar-refractivity contribution < 1.29 is 18.4 Å². The molecule has 0 atom stereocenters. The average Bonchev–Trinajstić information content (AvgIpc) is 3.05. The number of carbonyl (C=O) groups excluding carboxylic acids is 2. The number of nitrogens with zero attached hydrogens (tertiary/aromatic N) is 1. The topological polar surface area (TPSA) is 49.4 Å². The van der Waals surface area contributed by atoms with Crippen LogP contribution in [0.25, 0.3) is 16.3 Å². The van der Waals surface area contributed by atoms with Crippen molar-refractivity contribution in [3.8, 4) is 0 Å². The van der Waals surface area contributed by atoms with E-state index >= 15 is 0 Å². The molecule has 0 unspecified atom stereocenters. The SMILES string of the molecule is Cc1ccc(C2=C(Nc3cccc4ccccc34)C(=O)N(c3cc(F)ccc3F)C2=O)cc1. The molecule has 33 heavy (non-hydrogen) atoms. The Morgan fingerprint density at radius 3 is 2.30 bits per heavy atom. The lowest BCUT2D eigenvalue weighted by molar-refractivity contribution is -0.120. The number of anilines is 2. The van der Waals surface area contributed by atoms with Crippen molar-refractivity contribution in [2.45, 2.75) is 6.92 Å². The van der Waals surface area contributed by atoms with Crippen molar-refractivity contribution in [2.24, 2.45) is 0 Å². The maximum Gasteiger partial charge on any atom is 0.282 e. The molecule has 0 saturated heterocycles. The number of aryl methyl sites for hydroxylation is 1. The van der Waals surface area contributed by atoms with Crippen LogP contribution in [-0.2, 0) is 9.59 Å². The van der Waals surface area contributed by atoms with Crippen molar-refractivity contribution in [3.63, 3.8) is 0 Å². The molecule has 1 N–H and O–H groups in total. The van der Waals surface area contributed by atoms with Crippen LogP contribution >= 0.6 is 0 Å². The smallest absolute Gasteiger partial charge is 0.282 e. The predicted molar refractivity (Wildman–Crippen MR) is 125 cm³/mol. The number of nitrogens with one attached hydrogen (secondary N) is 1. The van der Waals surface area contributed by atoms with Crippen LogP contribution in [0, 0.1) is 18.6 Å². The third-order valence-corrected chi connectivity index (χ3v) is 5.62. The molecule has 0 spiro atoms. The molecule has 162 valence electrons. The summed E-state index contributed by atoms with van der Waals surface area (Å²) in [6, 6.07) is 23.0. The van der Waals surface area contributed by atoms with E-state index in [0.29, 0.717) is 16.2 Å². The van der Waals surface area contributed by atoms with Crippen molar-refractivity contribution in [1.82, 2.24) is 0 Å². The Morgan fingerprint density at radius 2 is 1.52 bits per heavy atom. The van der Waals surface area contributed by atoms with Gasteiger partial charge in [-0.2, -0.15) is 0 Å². The number of hydrogen-bond donors (Lipinski definition) is 1. The van der Waals surface area contributed by atoms with Gasteiger partial charge < -0.3 is 5.32 Å². The van der Waals surface area contributed by atoms with Crippen LogP contribution in [0.2, 0.25) is 0 Å². The molecule has 0 bridgehead atoms. The number of rotatable bonds is 4. The Bertz CT molecular complexity index is 1450. The third-order valence-electron chi connectivity index (χ3n) is 5.62. The van der Waals surface area contributed by atoms with Gasteiger partial charge in [-0.05, 0) is 36.1 Å². The molecule has 6 heteroatoms. The summed E-state index contributed by atoms with van der Waals surface area (Å²) in [7, 11) is 0. The number of fused-ring (bicyclic) bond motifs is 1. The van der Waals surface area contributed by atoms with Crippen LogP contribution in [0.5, 0.6) is 0 Å². The molecule has 1 aliphatic rings. The average molecular weight is 440 g/mol. The highest BCUT2D eigenvalue weighted by atomic mass is 19.1. The normalized spacial score (nSPS) is 13.8. The Morgan fingerprint density at radius 1 is 0.788 bits per heavy atom. The third kappa shape index (κ3) is 3.55. The fourth-order valence-corrected chi connectivity index (χ4v) is 3.98. The van der Waals surface area contributed by atoms with Gasteiger partial charge in [0.15, 0.2) is 0 Å². The van der Waals surface area contributed by atoms with Gasteiger partial charge in [-0.1, -0.05) is 66.2 Å². The zero-order valence-electron chi connectivity index (χ0n) is 17.6. The molecule has 4 aromatic carbocycles. The summed E-state index contributed by atoms with van der Waals surface area (Å²) in [6.07, 6.45) is 0. The minimum Gasteiger partial charge on any atom is -0.350 e. The second-order valence-corrected chi connectivity index (χ2v) is 7.81. The molecule has 0 saturated carbocycles. The highest BCUT2D eigenvalue weighted by molar-refractivity contribution is 6.46. The van der Waals surface area contributed by atoms with Gasteiger partial charge in [0.25, 0.3) is 11.8 Å². The van der Waals surface area contributed by atoms with Gasteiger partial charge in [0.05, 0.1) is 11.3 Å². The molecule has 0 aromatic heterocycles. The first-order valence-corrected chi connectivity index (χ1v) is 10.3. The van der Waals surface area contributed by atoms with E-state index in [2.05, 4.69) is 5.32 Å². The van der Waals surface area contributed by atoms with Gasteiger partial charge in [0.1, 0.15) is 17.3 Å². The highest BCUT2D eigenvalue weighted by Gasteiger charge is 2.41. The van der Waals surface area contributed by atoms with Gasteiger partial charge in [-0.3, -0.25) is 9.59 Å². The largest absolute Gasteiger partial charge is 0.350 e. The summed E-state index contributed by atoms with van der Waals surface area (Å²) in [5, 5.41) is 4.91. The van der Waals surface area contributed by atoms with E-state index in [0.717, 1.165) is 34.5 Å². The Balaban J connectivity index is 1.68. The van der Waals surface area contributed by atoms with Crippen molar-refractivity contribution in [3.05, 3.63) is 113 Å². The fraction of sp³-hybridized carbons (Fsp3) is 0.0370. The monoisotopic (exact) mass is 440 g/mol. The van der Waals surface area contributed by atoms with Crippen LogP contribution < -0.4 is 10.2 Å². The molecule has 0 fully saturated rings. The Labute approximate surface area is 188 Å². The summed E-state index contributed by atoms with van der Waals surface area (Å²) in [6.45, 7) is 1.91. The molecule has 0 aliphatic carbocycles. The molecule has 1 aliphatic heterocycles. The second-order valence-electron chi connectivity index (χ2n) is 7.81. The molecule has 0 radical (unpaired) electrons. The van der Waals surface area contributed by atoms with Crippen LogP contribution in [0.4, 0.5) is 20.2 Å². The number of halogens is 2. The highest BCUT2D eigenvalue weighted by Crippen LogP contribution is 2.36. The van der Waals surface area contributed by atoms with Crippen molar-refractivity contribution in [2.75, 3.05) is 10.2 Å².